The number of rotatable bonds is 12. The van der Waals surface area contributed by atoms with Crippen LogP contribution in [0.2, 0.25) is 0 Å². The van der Waals surface area contributed by atoms with Crippen LogP contribution < -0.4 is 15.3 Å². The van der Waals surface area contributed by atoms with Gasteiger partial charge in [-0.2, -0.15) is 0 Å². The van der Waals surface area contributed by atoms with E-state index in [1.54, 1.807) is 20.8 Å². The summed E-state index contributed by atoms with van der Waals surface area (Å²) in [5.41, 5.74) is -4.38. The first-order valence-electron chi connectivity index (χ1n) is 9.18. The van der Waals surface area contributed by atoms with E-state index in [0.29, 0.717) is 0 Å². The summed E-state index contributed by atoms with van der Waals surface area (Å²) in [7, 11) is 0. The Morgan fingerprint density at radius 3 is 0.645 bits per heavy atom. The van der Waals surface area contributed by atoms with Gasteiger partial charge in [0.15, 0.2) is 0 Å². The quantitative estimate of drug-likeness (QED) is 0.127. The van der Waals surface area contributed by atoms with Crippen LogP contribution in [-0.4, -0.2) is 88.2 Å². The maximum Gasteiger partial charge on any atom is 3.00 e. The van der Waals surface area contributed by atoms with Gasteiger partial charge in [0.1, 0.15) is 0 Å². The summed E-state index contributed by atoms with van der Waals surface area (Å²) in [6.45, 7) is 1.23. The van der Waals surface area contributed by atoms with Crippen molar-refractivity contribution < 1.29 is 95.9 Å². The van der Waals surface area contributed by atoms with Gasteiger partial charge in [-0.05, 0) is 19.3 Å². The molecule has 0 aliphatic rings. The van der Waals surface area contributed by atoms with Crippen LogP contribution in [-0.2, 0) is 14.4 Å². The minimum Gasteiger partial charge on any atom is -0.549 e. The molecule has 0 fully saturated rings. The van der Waals surface area contributed by atoms with Crippen molar-refractivity contribution in [1.29, 1.82) is 0 Å². The first kappa shape index (κ1) is 37.7. The first-order chi connectivity index (χ1) is 13.9. The van der Waals surface area contributed by atoms with Crippen LogP contribution in [0, 0.1) is 51.8 Å². The third-order valence-electron chi connectivity index (χ3n) is 5.15. The average Bonchev–Trinajstić information content (AvgIpc) is 2.73. The molecule has 0 amide bonds. The molecule has 0 rings (SSSR count). The van der Waals surface area contributed by atoms with Gasteiger partial charge >= 0.3 is 35.6 Å². The van der Waals surface area contributed by atoms with Gasteiger partial charge in [0, 0.05) is 0 Å². The summed E-state index contributed by atoms with van der Waals surface area (Å²) >= 11 is 0. The van der Waals surface area contributed by atoms with Crippen LogP contribution in [0.5, 0.6) is 0 Å². The largest absolute Gasteiger partial charge is 3.00 e. The number of carbonyl (C=O) groups excluding carboxylic acids is 3. The summed E-state index contributed by atoms with van der Waals surface area (Å²) in [6, 6.07) is 0. The molecule has 0 radical (unpaired) electrons. The number of carboxylic acid groups (broad SMARTS) is 3. The smallest absolute Gasteiger partial charge is 0.549 e. The predicted molar refractivity (Wildman–Crippen MR) is 95.7 cm³/mol. The molecule has 0 unspecified atom stereocenters. The van der Waals surface area contributed by atoms with Crippen LogP contribution in [0.4, 0.5) is 0 Å². The van der Waals surface area contributed by atoms with Crippen LogP contribution in [0.1, 0.15) is 40.0 Å². The molecule has 31 heavy (non-hydrogen) atoms. The molecule has 0 aromatic rings. The van der Waals surface area contributed by atoms with Crippen LogP contribution in [0.15, 0.2) is 0 Å². The van der Waals surface area contributed by atoms with Crippen molar-refractivity contribution in [3.05, 3.63) is 0 Å². The van der Waals surface area contributed by atoms with Gasteiger partial charge in [-0.15, -0.1) is 0 Å². The second kappa shape index (κ2) is 18.9. The summed E-state index contributed by atoms with van der Waals surface area (Å²) in [5, 5.41) is 82.2. The third-order valence-corrected chi connectivity index (χ3v) is 5.15. The molecule has 0 aromatic carbocycles. The Kier molecular flexibility index (Phi) is 23.0. The number of hydrogen-bond donors (Lipinski definition) is 6. The van der Waals surface area contributed by atoms with Crippen molar-refractivity contribution in [2.75, 3.05) is 39.6 Å². The van der Waals surface area contributed by atoms with E-state index in [0.717, 1.165) is 0 Å². The van der Waals surface area contributed by atoms with Crippen LogP contribution >= 0.6 is 0 Å². The molecule has 180 valence electrons. The maximum atomic E-state index is 10.3. The fraction of sp³-hybridized carbons (Fsp3) is 0.833. The molecule has 0 saturated heterocycles. The average molecular weight is 580 g/mol. The minimum absolute atomic E-state index is 0. The predicted octanol–water partition coefficient (Wildman–Crippen LogP) is -5.65. The maximum absolute atomic E-state index is 10.3. The molecular formula is C18H33LaO12. The number of aliphatic hydroxyl groups excluding tert-OH is 6. The van der Waals surface area contributed by atoms with E-state index in [-0.39, 0.29) is 54.9 Å². The van der Waals surface area contributed by atoms with Gasteiger partial charge in [-0.25, -0.2) is 0 Å². The van der Waals surface area contributed by atoms with E-state index < -0.39 is 73.8 Å². The van der Waals surface area contributed by atoms with Gasteiger partial charge in [0.25, 0.3) is 0 Å². The molecule has 13 heteroatoms. The zero-order valence-electron chi connectivity index (χ0n) is 18.1. The zero-order valence-corrected chi connectivity index (χ0v) is 21.7. The molecule has 0 aliphatic carbocycles. The summed E-state index contributed by atoms with van der Waals surface area (Å²) in [4.78, 5) is 30.9. The Hall–Kier alpha value is -0.635. The first-order valence-corrected chi connectivity index (χ1v) is 9.18. The number of carboxylic acids is 3. The van der Waals surface area contributed by atoms with Crippen molar-refractivity contribution in [2.24, 2.45) is 16.2 Å². The number of aliphatic carboxylic acids is 3. The Labute approximate surface area is 209 Å². The molecule has 0 spiro atoms. The standard InChI is InChI=1S/3C6H12O4.La/c3*1-2-6(3-7,4-8)5(9)10;/h3*7-8H,2-4H2,1H3,(H,9,10);/q;;;+3/p-3. The minimum atomic E-state index is -1.46. The van der Waals surface area contributed by atoms with E-state index in [1.165, 1.54) is 0 Å². The molecule has 0 aliphatic heterocycles. The van der Waals surface area contributed by atoms with E-state index in [1.807, 2.05) is 0 Å². The fourth-order valence-corrected chi connectivity index (χ4v) is 1.64. The summed E-state index contributed by atoms with van der Waals surface area (Å²) < 4.78 is 0. The summed E-state index contributed by atoms with van der Waals surface area (Å²) in [6.07, 6.45) is 0.507. The molecule has 12 nitrogen and oxygen atoms in total. The fourth-order valence-electron chi connectivity index (χ4n) is 1.64. The Morgan fingerprint density at radius 2 is 0.645 bits per heavy atom. The van der Waals surface area contributed by atoms with Gasteiger partial charge in [0.2, 0.25) is 0 Å². The topological polar surface area (TPSA) is 242 Å². The second-order valence-electron chi connectivity index (χ2n) is 6.71. The SMILES string of the molecule is CCC(CO)(CO)C(=O)[O-].CCC(CO)(CO)C(=O)[O-].CCC(CO)(CO)C(=O)[O-].[La+3]. The molecular weight excluding hydrogens is 547 g/mol. The molecule has 0 atom stereocenters. The van der Waals surface area contributed by atoms with Crippen molar-refractivity contribution in [1.82, 2.24) is 0 Å². The van der Waals surface area contributed by atoms with Gasteiger partial charge in [-0.3, -0.25) is 0 Å². The van der Waals surface area contributed by atoms with Gasteiger partial charge < -0.3 is 60.3 Å². The van der Waals surface area contributed by atoms with Crippen molar-refractivity contribution in [3.8, 4) is 0 Å². The van der Waals surface area contributed by atoms with Crippen molar-refractivity contribution >= 4 is 17.9 Å². The van der Waals surface area contributed by atoms with Crippen LogP contribution in [0.25, 0.3) is 0 Å². The van der Waals surface area contributed by atoms with Gasteiger partial charge in [0.05, 0.1) is 73.8 Å². The Bertz CT molecular complexity index is 404. The molecule has 6 N–H and O–H groups in total. The number of aliphatic hydroxyl groups is 6. The monoisotopic (exact) mass is 580 g/mol. The molecule has 0 bridgehead atoms. The van der Waals surface area contributed by atoms with Crippen molar-refractivity contribution in [2.45, 2.75) is 40.0 Å². The van der Waals surface area contributed by atoms with E-state index in [4.69, 9.17) is 30.6 Å². The molecule has 0 heterocycles. The van der Waals surface area contributed by atoms with E-state index in [9.17, 15) is 29.7 Å². The van der Waals surface area contributed by atoms with E-state index in [2.05, 4.69) is 0 Å². The van der Waals surface area contributed by atoms with Crippen LogP contribution in [0.3, 0.4) is 0 Å². The summed E-state index contributed by atoms with van der Waals surface area (Å²) in [5.74, 6) is -4.21. The van der Waals surface area contributed by atoms with Gasteiger partial charge in [-0.1, -0.05) is 20.8 Å². The number of hydrogen-bond acceptors (Lipinski definition) is 12. The zero-order chi connectivity index (χ0) is 24.6. The van der Waals surface area contributed by atoms with Crippen molar-refractivity contribution in [3.63, 3.8) is 0 Å². The molecule has 0 aromatic heterocycles. The third kappa shape index (κ3) is 11.2. The van der Waals surface area contributed by atoms with E-state index >= 15 is 0 Å². The Balaban J connectivity index is -0.000000174. The molecule has 0 saturated carbocycles. The normalized spacial score (nSPS) is 11.1. The Morgan fingerprint density at radius 1 is 0.516 bits per heavy atom. The number of carbonyl (C=O) groups is 3. The second-order valence-corrected chi connectivity index (χ2v) is 6.71.